The van der Waals surface area contributed by atoms with Gasteiger partial charge in [-0.25, -0.2) is 4.68 Å². The van der Waals surface area contributed by atoms with Gasteiger partial charge in [-0.2, -0.15) is 10.2 Å². The molecule has 0 bridgehead atoms. The van der Waals surface area contributed by atoms with E-state index in [2.05, 4.69) is 10.4 Å². The largest absolute Gasteiger partial charge is 0.319 e. The number of para-hydroxylation sites is 1. The first kappa shape index (κ1) is 20.7. The van der Waals surface area contributed by atoms with Crippen LogP contribution in [0, 0.1) is 0 Å². The molecule has 0 saturated carbocycles. The number of hydrogen-bond donors (Lipinski definition) is 1. The molecule has 5 rings (SSSR count). The first-order chi connectivity index (χ1) is 16.2. The third-order valence-electron chi connectivity index (χ3n) is 5.21. The van der Waals surface area contributed by atoms with Gasteiger partial charge in [-0.3, -0.25) is 9.48 Å². The summed E-state index contributed by atoms with van der Waals surface area (Å²) in [7, 11) is 0. The molecule has 6 nitrogen and oxygen atoms in total. The molecule has 0 fully saturated rings. The van der Waals surface area contributed by atoms with Crippen molar-refractivity contribution >= 4 is 23.2 Å². The molecule has 2 heterocycles. The Morgan fingerprint density at radius 1 is 0.879 bits per heavy atom. The molecular formula is C26H20ClN5O. The molecule has 0 saturated heterocycles. The maximum absolute atomic E-state index is 13.3. The Morgan fingerprint density at radius 2 is 1.58 bits per heavy atom. The van der Waals surface area contributed by atoms with Gasteiger partial charge in [0, 0.05) is 23.0 Å². The van der Waals surface area contributed by atoms with Crippen LogP contribution in [-0.4, -0.2) is 25.5 Å². The van der Waals surface area contributed by atoms with Gasteiger partial charge >= 0.3 is 0 Å². The molecule has 0 radical (unpaired) electrons. The zero-order chi connectivity index (χ0) is 22.6. The zero-order valence-electron chi connectivity index (χ0n) is 17.6. The van der Waals surface area contributed by atoms with E-state index < -0.39 is 0 Å². The zero-order valence-corrected chi connectivity index (χ0v) is 18.4. The minimum absolute atomic E-state index is 0.256. The third-order valence-corrected chi connectivity index (χ3v) is 5.58. The number of halogens is 1. The van der Waals surface area contributed by atoms with E-state index in [9.17, 15) is 4.79 Å². The molecule has 0 atom stereocenters. The molecule has 2 aromatic heterocycles. The summed E-state index contributed by atoms with van der Waals surface area (Å²) in [5.74, 6) is -0.256. The van der Waals surface area contributed by atoms with E-state index in [1.54, 1.807) is 28.0 Å². The number of nitrogens with zero attached hydrogens (tertiary/aromatic N) is 4. The number of amides is 1. The van der Waals surface area contributed by atoms with Crippen LogP contribution in [0.3, 0.4) is 0 Å². The molecule has 5 aromatic rings. The van der Waals surface area contributed by atoms with E-state index in [1.807, 2.05) is 84.9 Å². The van der Waals surface area contributed by atoms with Crippen molar-refractivity contribution in [1.82, 2.24) is 19.6 Å². The Kier molecular flexibility index (Phi) is 5.74. The Morgan fingerprint density at radius 3 is 2.33 bits per heavy atom. The second kappa shape index (κ2) is 9.14. The van der Waals surface area contributed by atoms with Gasteiger partial charge in [-0.1, -0.05) is 78.3 Å². The van der Waals surface area contributed by atoms with Crippen molar-refractivity contribution in [2.24, 2.45) is 0 Å². The van der Waals surface area contributed by atoms with E-state index in [4.69, 9.17) is 16.7 Å². The highest BCUT2D eigenvalue weighted by molar-refractivity contribution is 6.31. The van der Waals surface area contributed by atoms with Gasteiger partial charge in [0.1, 0.15) is 5.69 Å². The molecule has 0 aliphatic carbocycles. The van der Waals surface area contributed by atoms with Crippen LogP contribution in [0.15, 0.2) is 104 Å². The molecule has 0 unspecified atom stereocenters. The lowest BCUT2D eigenvalue weighted by atomic mass is 10.1. The molecular weight excluding hydrogens is 434 g/mol. The first-order valence-corrected chi connectivity index (χ1v) is 10.8. The summed E-state index contributed by atoms with van der Waals surface area (Å²) >= 11 is 6.25. The van der Waals surface area contributed by atoms with Crippen LogP contribution in [0.2, 0.25) is 5.02 Å². The fourth-order valence-corrected chi connectivity index (χ4v) is 3.77. The third kappa shape index (κ3) is 4.56. The van der Waals surface area contributed by atoms with Crippen molar-refractivity contribution in [2.75, 3.05) is 5.32 Å². The number of benzene rings is 3. The summed E-state index contributed by atoms with van der Waals surface area (Å²) in [6.07, 6.45) is 5.16. The highest BCUT2D eigenvalue weighted by atomic mass is 35.5. The fraction of sp³-hybridized carbons (Fsp3) is 0.0385. The predicted octanol–water partition coefficient (Wildman–Crippen LogP) is 5.69. The van der Waals surface area contributed by atoms with Crippen LogP contribution in [-0.2, 0) is 6.54 Å². The van der Waals surface area contributed by atoms with Crippen molar-refractivity contribution in [1.29, 1.82) is 0 Å². The van der Waals surface area contributed by atoms with Crippen molar-refractivity contribution in [3.63, 3.8) is 0 Å². The number of nitrogens with one attached hydrogen (secondary N) is 1. The maximum Gasteiger partial charge on any atom is 0.259 e. The molecule has 0 aliphatic rings. The summed E-state index contributed by atoms with van der Waals surface area (Å²) in [5, 5.41) is 12.7. The first-order valence-electron chi connectivity index (χ1n) is 10.4. The van der Waals surface area contributed by atoms with Gasteiger partial charge < -0.3 is 5.32 Å². The normalized spacial score (nSPS) is 10.8. The van der Waals surface area contributed by atoms with Crippen LogP contribution in [0.5, 0.6) is 0 Å². The summed E-state index contributed by atoms with van der Waals surface area (Å²) < 4.78 is 3.46. The fourth-order valence-electron chi connectivity index (χ4n) is 3.58. The Balaban J connectivity index is 1.42. The second-order valence-corrected chi connectivity index (χ2v) is 7.92. The van der Waals surface area contributed by atoms with E-state index >= 15 is 0 Å². The smallest absolute Gasteiger partial charge is 0.259 e. The number of aromatic nitrogens is 4. The van der Waals surface area contributed by atoms with E-state index in [0.717, 1.165) is 16.8 Å². The van der Waals surface area contributed by atoms with E-state index in [0.29, 0.717) is 28.5 Å². The van der Waals surface area contributed by atoms with Gasteiger partial charge in [0.25, 0.3) is 5.91 Å². The second-order valence-electron chi connectivity index (χ2n) is 7.51. The van der Waals surface area contributed by atoms with Crippen molar-refractivity contribution in [2.45, 2.75) is 6.54 Å². The van der Waals surface area contributed by atoms with Gasteiger partial charge in [0.15, 0.2) is 0 Å². The monoisotopic (exact) mass is 453 g/mol. The molecule has 0 aliphatic heterocycles. The average Bonchev–Trinajstić information content (AvgIpc) is 3.49. The molecule has 7 heteroatoms. The van der Waals surface area contributed by atoms with Gasteiger partial charge in [0.05, 0.1) is 29.7 Å². The lowest BCUT2D eigenvalue weighted by Gasteiger charge is -2.04. The highest BCUT2D eigenvalue weighted by Gasteiger charge is 2.19. The molecule has 162 valence electrons. The predicted molar refractivity (Wildman–Crippen MR) is 130 cm³/mol. The maximum atomic E-state index is 13.3. The number of carbonyl (C=O) groups excluding carboxylic acids is 1. The van der Waals surface area contributed by atoms with E-state index in [1.165, 1.54) is 0 Å². The molecule has 1 N–H and O–H groups in total. The lowest BCUT2D eigenvalue weighted by Crippen LogP contribution is -2.12. The molecule has 33 heavy (non-hydrogen) atoms. The molecule has 3 aromatic carbocycles. The Hall–Kier alpha value is -4.16. The Bertz CT molecular complexity index is 1390. The summed E-state index contributed by atoms with van der Waals surface area (Å²) in [5.41, 5.74) is 4.38. The highest BCUT2D eigenvalue weighted by Crippen LogP contribution is 2.25. The minimum Gasteiger partial charge on any atom is -0.319 e. The number of rotatable bonds is 6. The van der Waals surface area contributed by atoms with Gasteiger partial charge in [-0.15, -0.1) is 0 Å². The Labute approximate surface area is 196 Å². The summed E-state index contributed by atoms with van der Waals surface area (Å²) in [6.45, 7) is 0.511. The molecule has 1 amide bonds. The van der Waals surface area contributed by atoms with Crippen LogP contribution < -0.4 is 5.32 Å². The van der Waals surface area contributed by atoms with Crippen molar-refractivity contribution in [3.8, 4) is 16.9 Å². The number of carbonyl (C=O) groups is 1. The standard InChI is InChI=1S/C26H20ClN5O/c27-24-14-8-7-11-20(24)16-31-17-21(15-28-31)29-26(33)23-18-32(22-12-5-2-6-13-22)30-25(23)19-9-3-1-4-10-19/h1-15,17-18H,16H2,(H,29,33). The van der Waals surface area contributed by atoms with Crippen LogP contribution in [0.4, 0.5) is 5.69 Å². The number of hydrogen-bond acceptors (Lipinski definition) is 3. The average molecular weight is 454 g/mol. The van der Waals surface area contributed by atoms with Crippen LogP contribution >= 0.6 is 11.6 Å². The van der Waals surface area contributed by atoms with E-state index in [-0.39, 0.29) is 5.91 Å². The van der Waals surface area contributed by atoms with Gasteiger partial charge in [-0.05, 0) is 23.8 Å². The van der Waals surface area contributed by atoms with Crippen LogP contribution in [0.25, 0.3) is 16.9 Å². The SMILES string of the molecule is O=C(Nc1cnn(Cc2ccccc2Cl)c1)c1cn(-c2ccccc2)nc1-c1ccccc1. The van der Waals surface area contributed by atoms with Gasteiger partial charge in [0.2, 0.25) is 0 Å². The minimum atomic E-state index is -0.256. The van der Waals surface area contributed by atoms with Crippen molar-refractivity contribution in [3.05, 3.63) is 120 Å². The number of anilines is 1. The topological polar surface area (TPSA) is 64.7 Å². The van der Waals surface area contributed by atoms with Crippen LogP contribution in [0.1, 0.15) is 15.9 Å². The summed E-state index contributed by atoms with van der Waals surface area (Å²) in [4.78, 5) is 13.3. The summed E-state index contributed by atoms with van der Waals surface area (Å²) in [6, 6.07) is 27.0. The quantitative estimate of drug-likeness (QED) is 0.359. The molecule has 0 spiro atoms. The lowest BCUT2D eigenvalue weighted by molar-refractivity contribution is 0.102. The van der Waals surface area contributed by atoms with Crippen molar-refractivity contribution < 1.29 is 4.79 Å².